The molecule has 0 unspecified atom stereocenters. The lowest BCUT2D eigenvalue weighted by Crippen LogP contribution is -2.30. The molecule has 0 saturated carbocycles. The maximum atomic E-state index is 11.9. The van der Waals surface area contributed by atoms with Crippen molar-refractivity contribution in [3.8, 4) is 0 Å². The maximum Gasteiger partial charge on any atom is 0.319 e. The molecule has 2 aromatic heterocycles. The second-order valence-corrected chi connectivity index (χ2v) is 4.70. The summed E-state index contributed by atoms with van der Waals surface area (Å²) in [5, 5.41) is 6.70. The number of benzene rings is 1. The molecule has 5 heteroatoms. The van der Waals surface area contributed by atoms with Crippen LogP contribution >= 0.6 is 0 Å². The zero-order chi connectivity index (χ0) is 14.5. The van der Waals surface area contributed by atoms with E-state index in [1.807, 2.05) is 48.7 Å². The second-order valence-electron chi connectivity index (χ2n) is 4.70. The first-order valence-corrected chi connectivity index (χ1v) is 6.84. The van der Waals surface area contributed by atoms with Crippen LogP contribution in [0.25, 0.3) is 10.9 Å². The van der Waals surface area contributed by atoms with Gasteiger partial charge in [-0.2, -0.15) is 0 Å². The molecule has 0 fully saturated rings. The van der Waals surface area contributed by atoms with Crippen LogP contribution in [0.5, 0.6) is 0 Å². The number of carbonyl (C=O) groups is 1. The highest BCUT2D eigenvalue weighted by Gasteiger charge is 2.05. The molecule has 5 nitrogen and oxygen atoms in total. The number of hydrogen-bond donors (Lipinski definition) is 3. The second kappa shape index (κ2) is 6.09. The first-order chi connectivity index (χ1) is 10.3. The summed E-state index contributed by atoms with van der Waals surface area (Å²) >= 11 is 0. The van der Waals surface area contributed by atoms with Crippen LogP contribution in [0.3, 0.4) is 0 Å². The van der Waals surface area contributed by atoms with E-state index in [2.05, 4.69) is 20.6 Å². The predicted molar refractivity (Wildman–Crippen MR) is 83.3 cm³/mol. The van der Waals surface area contributed by atoms with Crippen molar-refractivity contribution >= 4 is 22.6 Å². The first kappa shape index (κ1) is 13.2. The minimum absolute atomic E-state index is 0.209. The summed E-state index contributed by atoms with van der Waals surface area (Å²) in [6, 6.07) is 13.3. The largest absolute Gasteiger partial charge is 0.361 e. The third-order valence-electron chi connectivity index (χ3n) is 3.24. The summed E-state index contributed by atoms with van der Waals surface area (Å²) in [7, 11) is 0. The van der Waals surface area contributed by atoms with Crippen LogP contribution in [0.15, 0.2) is 54.9 Å². The smallest absolute Gasteiger partial charge is 0.319 e. The van der Waals surface area contributed by atoms with Crippen LogP contribution in [0.4, 0.5) is 10.5 Å². The third-order valence-corrected chi connectivity index (χ3v) is 3.24. The minimum atomic E-state index is -0.209. The van der Waals surface area contributed by atoms with Gasteiger partial charge in [-0.15, -0.1) is 0 Å². The fourth-order valence-electron chi connectivity index (χ4n) is 2.21. The molecule has 0 bridgehead atoms. The lowest BCUT2D eigenvalue weighted by molar-refractivity contribution is 0.252. The Balaban J connectivity index is 1.56. The van der Waals surface area contributed by atoms with Gasteiger partial charge in [-0.25, -0.2) is 4.79 Å². The molecular formula is C16H16N4O. The van der Waals surface area contributed by atoms with Gasteiger partial charge in [0.05, 0.1) is 5.69 Å². The van der Waals surface area contributed by atoms with E-state index in [-0.39, 0.29) is 6.03 Å². The number of nitrogens with zero attached hydrogens (tertiary/aromatic N) is 1. The highest BCUT2D eigenvalue weighted by Crippen LogP contribution is 2.21. The molecule has 21 heavy (non-hydrogen) atoms. The Bertz CT molecular complexity index is 736. The monoisotopic (exact) mass is 280 g/mol. The fraction of sp³-hybridized carbons (Fsp3) is 0.125. The maximum absolute atomic E-state index is 11.9. The van der Waals surface area contributed by atoms with Crippen molar-refractivity contribution in [2.75, 3.05) is 11.9 Å². The van der Waals surface area contributed by atoms with Gasteiger partial charge in [0.25, 0.3) is 0 Å². The summed E-state index contributed by atoms with van der Waals surface area (Å²) in [5.74, 6) is 0. The molecule has 0 radical (unpaired) electrons. The molecule has 0 atom stereocenters. The lowest BCUT2D eigenvalue weighted by atomic mass is 10.2. The SMILES string of the molecule is O=C(NCCc1ccccn1)Nc1cccc2[nH]ccc12. The van der Waals surface area contributed by atoms with Gasteiger partial charge in [0.1, 0.15) is 0 Å². The van der Waals surface area contributed by atoms with Crippen LogP contribution in [0.1, 0.15) is 5.69 Å². The molecule has 3 N–H and O–H groups in total. The number of anilines is 1. The van der Waals surface area contributed by atoms with E-state index in [1.54, 1.807) is 6.20 Å². The average molecular weight is 280 g/mol. The van der Waals surface area contributed by atoms with Gasteiger partial charge in [-0.1, -0.05) is 12.1 Å². The van der Waals surface area contributed by atoms with Crippen LogP contribution < -0.4 is 10.6 Å². The predicted octanol–water partition coefficient (Wildman–Crippen LogP) is 2.93. The highest BCUT2D eigenvalue weighted by molar-refractivity contribution is 6.00. The number of urea groups is 1. The Morgan fingerprint density at radius 3 is 2.95 bits per heavy atom. The molecule has 0 aliphatic heterocycles. The molecule has 0 aliphatic rings. The highest BCUT2D eigenvalue weighted by atomic mass is 16.2. The first-order valence-electron chi connectivity index (χ1n) is 6.84. The fourth-order valence-corrected chi connectivity index (χ4v) is 2.21. The van der Waals surface area contributed by atoms with Gasteiger partial charge in [-0.3, -0.25) is 4.98 Å². The average Bonchev–Trinajstić information content (AvgIpc) is 2.98. The summed E-state index contributed by atoms with van der Waals surface area (Å²) < 4.78 is 0. The van der Waals surface area contributed by atoms with Crippen LogP contribution in [-0.2, 0) is 6.42 Å². The summed E-state index contributed by atoms with van der Waals surface area (Å²) in [6.45, 7) is 0.548. The summed E-state index contributed by atoms with van der Waals surface area (Å²) in [4.78, 5) is 19.3. The molecule has 106 valence electrons. The number of pyridine rings is 1. The Morgan fingerprint density at radius 1 is 1.14 bits per heavy atom. The Kier molecular flexibility index (Phi) is 3.82. The van der Waals surface area contributed by atoms with E-state index >= 15 is 0 Å². The van der Waals surface area contributed by atoms with Crippen molar-refractivity contribution in [3.05, 3.63) is 60.6 Å². The molecular weight excluding hydrogens is 264 g/mol. The van der Waals surface area contributed by atoms with Gasteiger partial charge in [0.15, 0.2) is 0 Å². The number of nitrogens with one attached hydrogen (secondary N) is 3. The van der Waals surface area contributed by atoms with E-state index < -0.39 is 0 Å². The van der Waals surface area contributed by atoms with Gasteiger partial charge in [0, 0.05) is 42.0 Å². The minimum Gasteiger partial charge on any atom is -0.361 e. The molecule has 0 saturated heterocycles. The van der Waals surface area contributed by atoms with E-state index in [4.69, 9.17) is 0 Å². The number of H-pyrrole nitrogens is 1. The number of carbonyl (C=O) groups excluding carboxylic acids is 1. The molecule has 3 aromatic rings. The lowest BCUT2D eigenvalue weighted by Gasteiger charge is -2.08. The zero-order valence-corrected chi connectivity index (χ0v) is 11.5. The van der Waals surface area contributed by atoms with E-state index in [9.17, 15) is 4.79 Å². The van der Waals surface area contributed by atoms with E-state index in [0.717, 1.165) is 22.3 Å². The molecule has 2 heterocycles. The van der Waals surface area contributed by atoms with Gasteiger partial charge >= 0.3 is 6.03 Å². The Morgan fingerprint density at radius 2 is 2.10 bits per heavy atom. The number of aromatic nitrogens is 2. The van der Waals surface area contributed by atoms with Gasteiger partial charge < -0.3 is 15.6 Å². The normalized spacial score (nSPS) is 10.5. The Hall–Kier alpha value is -2.82. The molecule has 3 rings (SSSR count). The molecule has 1 aromatic carbocycles. The molecule has 0 spiro atoms. The third kappa shape index (κ3) is 3.20. The van der Waals surface area contributed by atoms with E-state index in [1.165, 1.54) is 0 Å². The quantitative estimate of drug-likeness (QED) is 0.687. The van der Waals surface area contributed by atoms with Crippen LogP contribution in [0, 0.1) is 0 Å². The van der Waals surface area contributed by atoms with Crippen molar-refractivity contribution < 1.29 is 4.79 Å². The number of amides is 2. The van der Waals surface area contributed by atoms with Gasteiger partial charge in [0.2, 0.25) is 0 Å². The van der Waals surface area contributed by atoms with Crippen molar-refractivity contribution in [2.45, 2.75) is 6.42 Å². The van der Waals surface area contributed by atoms with E-state index in [0.29, 0.717) is 13.0 Å². The number of fused-ring (bicyclic) bond motifs is 1. The van der Waals surface area contributed by atoms with Crippen molar-refractivity contribution in [2.24, 2.45) is 0 Å². The van der Waals surface area contributed by atoms with Crippen molar-refractivity contribution in [1.29, 1.82) is 0 Å². The number of aromatic amines is 1. The zero-order valence-electron chi connectivity index (χ0n) is 11.5. The Labute approximate surface area is 122 Å². The number of hydrogen-bond acceptors (Lipinski definition) is 2. The van der Waals surface area contributed by atoms with Crippen LogP contribution in [0.2, 0.25) is 0 Å². The van der Waals surface area contributed by atoms with Crippen LogP contribution in [-0.4, -0.2) is 22.5 Å². The topological polar surface area (TPSA) is 69.8 Å². The summed E-state index contributed by atoms with van der Waals surface area (Å²) in [5.41, 5.74) is 2.76. The van der Waals surface area contributed by atoms with Crippen molar-refractivity contribution in [3.63, 3.8) is 0 Å². The van der Waals surface area contributed by atoms with Crippen molar-refractivity contribution in [1.82, 2.24) is 15.3 Å². The summed E-state index contributed by atoms with van der Waals surface area (Å²) in [6.07, 6.45) is 4.32. The number of rotatable bonds is 4. The molecule has 2 amide bonds. The molecule has 0 aliphatic carbocycles. The standard InChI is InChI=1S/C16H16N4O/c21-16(19-10-7-12-4-1-2-9-17-12)20-15-6-3-5-14-13(15)8-11-18-14/h1-6,8-9,11,18H,7,10H2,(H2,19,20,21). The van der Waals surface area contributed by atoms with Gasteiger partial charge in [-0.05, 0) is 30.3 Å².